The Morgan fingerprint density at radius 1 is 1.26 bits per heavy atom. The van der Waals surface area contributed by atoms with Crippen molar-refractivity contribution in [2.45, 2.75) is 32.0 Å². The van der Waals surface area contributed by atoms with Gasteiger partial charge in [-0.3, -0.25) is 4.79 Å². The number of amides is 1. The number of rotatable bonds is 4. The lowest BCUT2D eigenvalue weighted by Crippen LogP contribution is -2.45. The molecule has 0 unspecified atom stereocenters. The average molecular weight is 274 g/mol. The molecule has 19 heavy (non-hydrogen) atoms. The standard InChI is InChI=1S/C13H17F3N2O/c1-12(2,17)8-18-11(19)7-9-5-3-4-6-10(9)13(14,15)16/h3-6H,7-8,17H2,1-2H3,(H,18,19). The zero-order chi connectivity index (χ0) is 14.7. The van der Waals surface area contributed by atoms with Crippen molar-refractivity contribution in [3.8, 4) is 0 Å². The SMILES string of the molecule is CC(C)(N)CNC(=O)Cc1ccccc1C(F)(F)F. The van der Waals surface area contributed by atoms with Gasteiger partial charge in [0.05, 0.1) is 12.0 Å². The van der Waals surface area contributed by atoms with Crippen LogP contribution < -0.4 is 11.1 Å². The van der Waals surface area contributed by atoms with Crippen molar-refractivity contribution in [1.82, 2.24) is 5.32 Å². The van der Waals surface area contributed by atoms with Crippen LogP contribution in [0, 0.1) is 0 Å². The van der Waals surface area contributed by atoms with E-state index in [-0.39, 0.29) is 18.5 Å². The first-order valence-corrected chi connectivity index (χ1v) is 5.80. The Bertz CT molecular complexity index is 450. The Hall–Kier alpha value is -1.56. The lowest BCUT2D eigenvalue weighted by Gasteiger charge is -2.19. The lowest BCUT2D eigenvalue weighted by atomic mass is 10.0. The highest BCUT2D eigenvalue weighted by atomic mass is 19.4. The van der Waals surface area contributed by atoms with Gasteiger partial charge >= 0.3 is 6.18 Å². The third kappa shape index (κ3) is 5.30. The van der Waals surface area contributed by atoms with Crippen LogP contribution >= 0.6 is 0 Å². The molecule has 0 aliphatic rings. The molecule has 0 saturated carbocycles. The van der Waals surface area contributed by atoms with Crippen molar-refractivity contribution in [2.75, 3.05) is 6.54 Å². The van der Waals surface area contributed by atoms with Crippen LogP contribution in [0.15, 0.2) is 24.3 Å². The molecule has 0 atom stereocenters. The second kappa shape index (κ2) is 5.61. The molecule has 0 aromatic heterocycles. The van der Waals surface area contributed by atoms with Crippen LogP contribution in [-0.4, -0.2) is 18.0 Å². The Balaban J connectivity index is 2.75. The summed E-state index contributed by atoms with van der Waals surface area (Å²) in [6, 6.07) is 5.05. The highest BCUT2D eigenvalue weighted by Gasteiger charge is 2.33. The highest BCUT2D eigenvalue weighted by Crippen LogP contribution is 2.31. The van der Waals surface area contributed by atoms with Gasteiger partial charge in [0.15, 0.2) is 0 Å². The van der Waals surface area contributed by atoms with Crippen molar-refractivity contribution < 1.29 is 18.0 Å². The Morgan fingerprint density at radius 2 is 1.84 bits per heavy atom. The maximum absolute atomic E-state index is 12.7. The summed E-state index contributed by atoms with van der Waals surface area (Å²) in [5, 5.41) is 2.52. The zero-order valence-electron chi connectivity index (χ0n) is 10.8. The largest absolute Gasteiger partial charge is 0.416 e. The average Bonchev–Trinajstić information content (AvgIpc) is 2.25. The lowest BCUT2D eigenvalue weighted by molar-refractivity contribution is -0.138. The summed E-state index contributed by atoms with van der Waals surface area (Å²) in [5.41, 5.74) is 4.26. The summed E-state index contributed by atoms with van der Waals surface area (Å²) < 4.78 is 38.2. The molecule has 3 N–H and O–H groups in total. The first-order chi connectivity index (χ1) is 8.59. The van der Waals surface area contributed by atoms with Gasteiger partial charge in [-0.05, 0) is 25.5 Å². The van der Waals surface area contributed by atoms with Crippen LogP contribution in [0.2, 0.25) is 0 Å². The van der Waals surface area contributed by atoms with Crippen molar-refractivity contribution in [3.63, 3.8) is 0 Å². The van der Waals surface area contributed by atoms with Crippen LogP contribution in [0.1, 0.15) is 25.0 Å². The first-order valence-electron chi connectivity index (χ1n) is 5.80. The van der Waals surface area contributed by atoms with E-state index in [4.69, 9.17) is 5.73 Å². The van der Waals surface area contributed by atoms with Gasteiger partial charge in [0.25, 0.3) is 0 Å². The van der Waals surface area contributed by atoms with Gasteiger partial charge in [0.2, 0.25) is 5.91 Å². The van der Waals surface area contributed by atoms with Crippen LogP contribution in [0.4, 0.5) is 13.2 Å². The number of hydrogen-bond donors (Lipinski definition) is 2. The molecule has 0 spiro atoms. The molecule has 1 aromatic carbocycles. The second-order valence-corrected chi connectivity index (χ2v) is 5.10. The van der Waals surface area contributed by atoms with Crippen molar-refractivity contribution in [3.05, 3.63) is 35.4 Å². The number of carbonyl (C=O) groups is 1. The van der Waals surface area contributed by atoms with Gasteiger partial charge in [-0.1, -0.05) is 18.2 Å². The molecule has 0 fully saturated rings. The number of carbonyl (C=O) groups excluding carboxylic acids is 1. The van der Waals surface area contributed by atoms with Gasteiger partial charge < -0.3 is 11.1 Å². The quantitative estimate of drug-likeness (QED) is 0.883. The molecular weight excluding hydrogens is 257 g/mol. The number of benzene rings is 1. The second-order valence-electron chi connectivity index (χ2n) is 5.10. The summed E-state index contributed by atoms with van der Waals surface area (Å²) in [5.74, 6) is -0.477. The summed E-state index contributed by atoms with van der Waals surface area (Å²) in [6.45, 7) is 3.65. The smallest absolute Gasteiger partial charge is 0.354 e. The van der Waals surface area contributed by atoms with E-state index in [1.54, 1.807) is 13.8 Å². The molecule has 0 aliphatic carbocycles. The number of nitrogens with one attached hydrogen (secondary N) is 1. The van der Waals surface area contributed by atoms with Crippen molar-refractivity contribution in [1.29, 1.82) is 0 Å². The predicted octanol–water partition coefficient (Wildman–Crippen LogP) is 2.10. The maximum atomic E-state index is 12.7. The zero-order valence-corrected chi connectivity index (χ0v) is 10.8. The van der Waals surface area contributed by atoms with E-state index in [0.29, 0.717) is 0 Å². The van der Waals surface area contributed by atoms with E-state index in [1.165, 1.54) is 18.2 Å². The number of alkyl halides is 3. The number of nitrogens with two attached hydrogens (primary N) is 1. The van der Waals surface area contributed by atoms with E-state index in [0.717, 1.165) is 6.07 Å². The Labute approximate surface area is 110 Å². The number of halogens is 3. The molecule has 0 saturated heterocycles. The fourth-order valence-corrected chi connectivity index (χ4v) is 1.51. The van der Waals surface area contributed by atoms with Crippen LogP contribution in [-0.2, 0) is 17.4 Å². The molecule has 1 amide bonds. The molecule has 3 nitrogen and oxygen atoms in total. The minimum absolute atomic E-state index is 0.0395. The van der Waals surface area contributed by atoms with Gasteiger partial charge in [0.1, 0.15) is 0 Å². The van der Waals surface area contributed by atoms with Crippen molar-refractivity contribution in [2.24, 2.45) is 5.73 Å². The molecule has 0 aliphatic heterocycles. The van der Waals surface area contributed by atoms with E-state index >= 15 is 0 Å². The molecule has 1 aromatic rings. The highest BCUT2D eigenvalue weighted by molar-refractivity contribution is 5.79. The Kier molecular flexibility index (Phi) is 4.57. The normalized spacial score (nSPS) is 12.3. The summed E-state index contributed by atoms with van der Waals surface area (Å²) in [7, 11) is 0. The fourth-order valence-electron chi connectivity index (χ4n) is 1.51. The molecule has 0 radical (unpaired) electrons. The minimum Gasteiger partial charge on any atom is -0.354 e. The third-order valence-corrected chi connectivity index (χ3v) is 2.41. The molecule has 0 heterocycles. The minimum atomic E-state index is -4.45. The van der Waals surface area contributed by atoms with Gasteiger partial charge in [-0.15, -0.1) is 0 Å². The Morgan fingerprint density at radius 3 is 2.37 bits per heavy atom. The number of hydrogen-bond acceptors (Lipinski definition) is 2. The van der Waals surface area contributed by atoms with Crippen LogP contribution in [0.25, 0.3) is 0 Å². The summed E-state index contributed by atoms with van der Waals surface area (Å²) in [4.78, 5) is 11.6. The molecule has 0 bridgehead atoms. The third-order valence-electron chi connectivity index (χ3n) is 2.41. The monoisotopic (exact) mass is 274 g/mol. The summed E-state index contributed by atoms with van der Waals surface area (Å²) in [6.07, 6.45) is -4.77. The molecular formula is C13H17F3N2O. The van der Waals surface area contributed by atoms with Crippen LogP contribution in [0.3, 0.4) is 0 Å². The maximum Gasteiger partial charge on any atom is 0.416 e. The predicted molar refractivity (Wildman–Crippen MR) is 66.4 cm³/mol. The molecule has 1 rings (SSSR count). The van der Waals surface area contributed by atoms with Crippen LogP contribution in [0.5, 0.6) is 0 Å². The summed E-state index contributed by atoms with van der Waals surface area (Å²) >= 11 is 0. The first kappa shape index (κ1) is 15.5. The van der Waals surface area contributed by atoms with E-state index < -0.39 is 23.2 Å². The van der Waals surface area contributed by atoms with Gasteiger partial charge in [-0.25, -0.2) is 0 Å². The van der Waals surface area contributed by atoms with Gasteiger partial charge in [0, 0.05) is 12.1 Å². The van der Waals surface area contributed by atoms with Crippen molar-refractivity contribution >= 4 is 5.91 Å². The topological polar surface area (TPSA) is 55.1 Å². The molecule has 6 heteroatoms. The van der Waals surface area contributed by atoms with E-state index in [9.17, 15) is 18.0 Å². The fraction of sp³-hybridized carbons (Fsp3) is 0.462. The molecule has 106 valence electrons. The van der Waals surface area contributed by atoms with E-state index in [1.807, 2.05) is 0 Å². The van der Waals surface area contributed by atoms with E-state index in [2.05, 4.69) is 5.32 Å². The van der Waals surface area contributed by atoms with Gasteiger partial charge in [-0.2, -0.15) is 13.2 Å².